The molecule has 0 saturated carbocycles. The summed E-state index contributed by atoms with van der Waals surface area (Å²) in [7, 11) is 0. The number of amides is 1. The molecule has 2 heterocycles. The van der Waals surface area contributed by atoms with Crippen LogP contribution in [0.15, 0.2) is 48.7 Å². The van der Waals surface area contributed by atoms with E-state index in [2.05, 4.69) is 15.3 Å². The monoisotopic (exact) mass is 315 g/mol. The highest BCUT2D eigenvalue weighted by atomic mass is 35.5. The number of fused-ring (bicyclic) bond motifs is 1. The van der Waals surface area contributed by atoms with E-state index < -0.39 is 0 Å². The number of hydrogen-bond donors (Lipinski definition) is 1. The number of carbonyl (C=O) groups excluding carboxylic acids is 1. The van der Waals surface area contributed by atoms with Gasteiger partial charge in [-0.2, -0.15) is 0 Å². The van der Waals surface area contributed by atoms with E-state index in [-0.39, 0.29) is 5.91 Å². The van der Waals surface area contributed by atoms with Crippen LogP contribution in [0.25, 0.3) is 16.3 Å². The van der Waals surface area contributed by atoms with Gasteiger partial charge in [-0.25, -0.2) is 9.97 Å². The smallest absolute Gasteiger partial charge is 0.249 e. The number of anilines is 1. The van der Waals surface area contributed by atoms with E-state index in [1.165, 1.54) is 23.6 Å². The maximum Gasteiger partial charge on any atom is 0.249 e. The molecule has 1 amide bonds. The van der Waals surface area contributed by atoms with E-state index in [0.717, 1.165) is 15.2 Å². The molecule has 0 spiro atoms. The molecule has 0 aliphatic rings. The highest BCUT2D eigenvalue weighted by Gasteiger charge is 2.02. The Hall–Kier alpha value is -2.24. The molecule has 0 aliphatic heterocycles. The van der Waals surface area contributed by atoms with Crippen molar-refractivity contribution in [1.82, 2.24) is 9.97 Å². The molecule has 0 saturated heterocycles. The molecule has 1 N–H and O–H groups in total. The molecule has 0 atom stereocenters. The van der Waals surface area contributed by atoms with Crippen LogP contribution in [0.5, 0.6) is 0 Å². The molecular formula is C15H10ClN3OS. The number of benzene rings is 1. The average Bonchev–Trinajstić information content (AvgIpc) is 2.90. The number of aromatic nitrogens is 2. The van der Waals surface area contributed by atoms with Gasteiger partial charge in [-0.1, -0.05) is 23.7 Å². The first-order chi connectivity index (χ1) is 10.2. The zero-order valence-corrected chi connectivity index (χ0v) is 12.4. The summed E-state index contributed by atoms with van der Waals surface area (Å²) in [6.45, 7) is 0. The van der Waals surface area contributed by atoms with Crippen molar-refractivity contribution in [3.8, 4) is 0 Å². The van der Waals surface area contributed by atoms with E-state index in [4.69, 9.17) is 11.6 Å². The Morgan fingerprint density at radius 3 is 2.86 bits per heavy atom. The first kappa shape index (κ1) is 13.7. The zero-order valence-electron chi connectivity index (χ0n) is 10.8. The Morgan fingerprint density at radius 1 is 1.24 bits per heavy atom. The number of hydrogen-bond acceptors (Lipinski definition) is 4. The topological polar surface area (TPSA) is 54.9 Å². The van der Waals surface area contributed by atoms with Gasteiger partial charge in [-0.3, -0.25) is 4.79 Å². The second-order valence-corrected chi connectivity index (χ2v) is 5.70. The van der Waals surface area contributed by atoms with Crippen LogP contribution in [-0.2, 0) is 4.79 Å². The van der Waals surface area contributed by atoms with E-state index in [1.54, 1.807) is 18.2 Å². The molecule has 0 unspecified atom stereocenters. The summed E-state index contributed by atoms with van der Waals surface area (Å²) >= 11 is 7.27. The third-order valence-electron chi connectivity index (χ3n) is 2.67. The predicted molar refractivity (Wildman–Crippen MR) is 86.5 cm³/mol. The Kier molecular flexibility index (Phi) is 3.94. The molecule has 0 bridgehead atoms. The molecule has 0 radical (unpaired) electrons. The SMILES string of the molecule is O=C(/C=C/c1nc2ccccc2s1)Nc1ccc(Cl)cn1. The Labute approximate surface area is 130 Å². The molecule has 0 aliphatic carbocycles. The standard InChI is InChI=1S/C15H10ClN3OS/c16-10-5-6-13(17-9-10)19-14(20)7-8-15-18-11-3-1-2-4-12(11)21-15/h1-9H,(H,17,19,20)/b8-7+. The van der Waals surface area contributed by atoms with Crippen LogP contribution < -0.4 is 5.32 Å². The molecule has 3 rings (SSSR count). The summed E-state index contributed by atoms with van der Waals surface area (Å²) in [4.78, 5) is 20.2. The lowest BCUT2D eigenvalue weighted by molar-refractivity contribution is -0.111. The van der Waals surface area contributed by atoms with Crippen LogP contribution in [-0.4, -0.2) is 15.9 Å². The maximum atomic E-state index is 11.8. The van der Waals surface area contributed by atoms with Crippen LogP contribution in [0.3, 0.4) is 0 Å². The van der Waals surface area contributed by atoms with Crippen molar-refractivity contribution in [3.05, 3.63) is 58.7 Å². The van der Waals surface area contributed by atoms with Crippen molar-refractivity contribution in [3.63, 3.8) is 0 Å². The summed E-state index contributed by atoms with van der Waals surface area (Å²) in [5.74, 6) is 0.197. The van der Waals surface area contributed by atoms with Gasteiger partial charge < -0.3 is 5.32 Å². The second-order valence-electron chi connectivity index (χ2n) is 4.20. The first-order valence-corrected chi connectivity index (χ1v) is 7.36. The normalized spacial score (nSPS) is 11.1. The van der Waals surface area contributed by atoms with Crippen molar-refractivity contribution in [2.45, 2.75) is 0 Å². The fourth-order valence-electron chi connectivity index (χ4n) is 1.73. The van der Waals surface area contributed by atoms with Crippen molar-refractivity contribution >= 4 is 51.0 Å². The number of para-hydroxylation sites is 1. The Bertz CT molecular complexity index is 778. The van der Waals surface area contributed by atoms with Gasteiger partial charge in [-0.05, 0) is 30.3 Å². The summed E-state index contributed by atoms with van der Waals surface area (Å²) in [5.41, 5.74) is 0.932. The van der Waals surface area contributed by atoms with Crippen LogP contribution >= 0.6 is 22.9 Å². The second kappa shape index (κ2) is 6.03. The number of halogens is 1. The molecule has 2 aromatic heterocycles. The molecule has 3 aromatic rings. The van der Waals surface area contributed by atoms with Gasteiger partial charge >= 0.3 is 0 Å². The average molecular weight is 316 g/mol. The molecular weight excluding hydrogens is 306 g/mol. The lowest BCUT2D eigenvalue weighted by Crippen LogP contribution is -2.08. The molecule has 6 heteroatoms. The predicted octanol–water partition coefficient (Wildman–Crippen LogP) is 4.00. The third-order valence-corrected chi connectivity index (χ3v) is 3.89. The van der Waals surface area contributed by atoms with E-state index in [9.17, 15) is 4.79 Å². The highest BCUT2D eigenvalue weighted by Crippen LogP contribution is 2.22. The maximum absolute atomic E-state index is 11.8. The number of nitrogens with one attached hydrogen (secondary N) is 1. The summed E-state index contributed by atoms with van der Waals surface area (Å²) in [5, 5.41) is 3.97. The van der Waals surface area contributed by atoms with E-state index in [0.29, 0.717) is 10.8 Å². The summed E-state index contributed by atoms with van der Waals surface area (Å²) < 4.78 is 1.09. The molecule has 0 fully saturated rings. The van der Waals surface area contributed by atoms with Gasteiger partial charge in [0.05, 0.1) is 15.2 Å². The molecule has 104 valence electrons. The van der Waals surface area contributed by atoms with Crippen LogP contribution in [0, 0.1) is 0 Å². The minimum atomic E-state index is -0.260. The van der Waals surface area contributed by atoms with Crippen LogP contribution in [0.4, 0.5) is 5.82 Å². The third kappa shape index (κ3) is 3.45. The molecule has 1 aromatic carbocycles. The van der Waals surface area contributed by atoms with Gasteiger partial charge in [0.2, 0.25) is 5.91 Å². The highest BCUT2D eigenvalue weighted by molar-refractivity contribution is 7.19. The molecule has 4 nitrogen and oxygen atoms in total. The van der Waals surface area contributed by atoms with Gasteiger partial charge in [-0.15, -0.1) is 11.3 Å². The van der Waals surface area contributed by atoms with Gasteiger partial charge in [0.1, 0.15) is 10.8 Å². The van der Waals surface area contributed by atoms with Crippen molar-refractivity contribution in [1.29, 1.82) is 0 Å². The molecule has 21 heavy (non-hydrogen) atoms. The lowest BCUT2D eigenvalue weighted by atomic mass is 10.3. The van der Waals surface area contributed by atoms with Gasteiger partial charge in [0.15, 0.2) is 0 Å². The lowest BCUT2D eigenvalue weighted by Gasteiger charge is -1.99. The Balaban J connectivity index is 1.70. The van der Waals surface area contributed by atoms with Crippen LogP contribution in [0.1, 0.15) is 5.01 Å². The summed E-state index contributed by atoms with van der Waals surface area (Å²) in [6, 6.07) is 11.2. The van der Waals surface area contributed by atoms with Crippen molar-refractivity contribution < 1.29 is 4.79 Å². The van der Waals surface area contributed by atoms with E-state index >= 15 is 0 Å². The zero-order chi connectivity index (χ0) is 14.7. The van der Waals surface area contributed by atoms with E-state index in [1.807, 2.05) is 24.3 Å². The minimum absolute atomic E-state index is 0.260. The fourth-order valence-corrected chi connectivity index (χ4v) is 2.71. The first-order valence-electron chi connectivity index (χ1n) is 6.17. The number of carbonyl (C=O) groups is 1. The largest absolute Gasteiger partial charge is 0.307 e. The summed E-state index contributed by atoms with van der Waals surface area (Å²) in [6.07, 6.45) is 4.61. The minimum Gasteiger partial charge on any atom is -0.307 e. The Morgan fingerprint density at radius 2 is 2.10 bits per heavy atom. The number of thiazole rings is 1. The van der Waals surface area contributed by atoms with Gasteiger partial charge in [0, 0.05) is 12.3 Å². The number of rotatable bonds is 3. The van der Waals surface area contributed by atoms with Crippen LogP contribution in [0.2, 0.25) is 5.02 Å². The number of nitrogens with zero attached hydrogens (tertiary/aromatic N) is 2. The van der Waals surface area contributed by atoms with Crippen molar-refractivity contribution in [2.24, 2.45) is 0 Å². The quantitative estimate of drug-likeness (QED) is 0.743. The fraction of sp³-hybridized carbons (Fsp3) is 0. The van der Waals surface area contributed by atoms with Gasteiger partial charge in [0.25, 0.3) is 0 Å². The number of pyridine rings is 1. The van der Waals surface area contributed by atoms with Crippen molar-refractivity contribution in [2.75, 3.05) is 5.32 Å².